The molecule has 2 heterocycles. The first-order chi connectivity index (χ1) is 13.4. The van der Waals surface area contributed by atoms with Crippen LogP contribution in [0.2, 0.25) is 0 Å². The summed E-state index contributed by atoms with van der Waals surface area (Å²) in [6.07, 6.45) is 1.01. The number of pyridine rings is 1. The van der Waals surface area contributed by atoms with E-state index in [9.17, 15) is 12.8 Å². The zero-order chi connectivity index (χ0) is 20.3. The highest BCUT2D eigenvalue weighted by molar-refractivity contribution is 7.93. The van der Waals surface area contributed by atoms with Gasteiger partial charge in [-0.05, 0) is 17.7 Å². The highest BCUT2D eigenvalue weighted by atomic mass is 32.2. The Labute approximate surface area is 158 Å². The van der Waals surface area contributed by atoms with Crippen LogP contribution in [-0.4, -0.2) is 25.5 Å². The molecule has 0 aliphatic carbocycles. The van der Waals surface area contributed by atoms with E-state index in [-0.39, 0.29) is 28.4 Å². The molecular weight excluding hydrogens is 389 g/mol. The number of hydrogen-bond donors (Lipinski definition) is 2. The summed E-state index contributed by atoms with van der Waals surface area (Å²) < 4.78 is 46.9. The normalized spacial score (nSPS) is 10.9. The number of nitrogens with one attached hydrogen (secondary N) is 2. The summed E-state index contributed by atoms with van der Waals surface area (Å²) in [7, 11) is -2.89. The number of halogens is 1. The van der Waals surface area contributed by atoms with Gasteiger partial charge in [-0.25, -0.2) is 8.42 Å². The van der Waals surface area contributed by atoms with Crippen molar-refractivity contribution in [2.75, 3.05) is 11.8 Å². The minimum atomic E-state index is -4.16. The average Bonchev–Trinajstić information content (AvgIpc) is 3.08. The Bertz CT molecular complexity index is 1260. The number of aromatic nitrogens is 2. The summed E-state index contributed by atoms with van der Waals surface area (Å²) in [6.45, 7) is 0. The van der Waals surface area contributed by atoms with Crippen LogP contribution in [0.5, 0.6) is 5.75 Å². The van der Waals surface area contributed by atoms with Crippen LogP contribution in [0.1, 0.15) is 5.56 Å². The quantitative estimate of drug-likeness (QED) is 0.280. The van der Waals surface area contributed by atoms with Gasteiger partial charge in [0.1, 0.15) is 4.90 Å². The second-order valence-electron chi connectivity index (χ2n) is 5.50. The fourth-order valence-electron chi connectivity index (χ4n) is 2.56. The van der Waals surface area contributed by atoms with E-state index in [4.69, 9.17) is 15.5 Å². The van der Waals surface area contributed by atoms with Crippen molar-refractivity contribution in [3.05, 3.63) is 52.4 Å². The van der Waals surface area contributed by atoms with Crippen LogP contribution in [0.4, 0.5) is 15.9 Å². The van der Waals surface area contributed by atoms with Crippen LogP contribution < -0.4 is 9.46 Å². The minimum absolute atomic E-state index is 0.0139. The number of sulfonamides is 1. The van der Waals surface area contributed by atoms with E-state index in [1.165, 1.54) is 37.6 Å². The number of benzene rings is 1. The molecule has 0 unspecified atom stereocenters. The largest absolute Gasteiger partial charge is 0.493 e. The highest BCUT2D eigenvalue weighted by Crippen LogP contribution is 2.31. The van der Waals surface area contributed by atoms with E-state index < -0.39 is 16.0 Å². The van der Waals surface area contributed by atoms with Crippen molar-refractivity contribution < 1.29 is 17.5 Å². The Kier molecular flexibility index (Phi) is 5.04. The molecule has 3 aromatic rings. The summed E-state index contributed by atoms with van der Waals surface area (Å²) in [5.41, 5.74) is 9.22. The molecule has 142 valence electrons. The molecule has 2 N–H and O–H groups in total. The zero-order valence-electron chi connectivity index (χ0n) is 14.3. The molecule has 12 heteroatoms. The number of nitriles is 1. The van der Waals surface area contributed by atoms with E-state index in [1.807, 2.05) is 0 Å². The molecule has 0 aliphatic rings. The van der Waals surface area contributed by atoms with Gasteiger partial charge in [-0.1, -0.05) is 17.2 Å². The maximum Gasteiger partial charge on any atom is 0.265 e. The van der Waals surface area contributed by atoms with Gasteiger partial charge in [0.25, 0.3) is 10.0 Å². The topological polar surface area (TPSA) is 157 Å². The highest BCUT2D eigenvalue weighted by Gasteiger charge is 2.23. The number of aromatic amines is 1. The molecule has 0 fully saturated rings. The lowest BCUT2D eigenvalue weighted by Gasteiger charge is -2.12. The second kappa shape index (κ2) is 7.43. The van der Waals surface area contributed by atoms with Crippen LogP contribution in [0.3, 0.4) is 0 Å². The average molecular weight is 401 g/mol. The van der Waals surface area contributed by atoms with Gasteiger partial charge < -0.3 is 9.72 Å². The predicted octanol–water partition coefficient (Wildman–Crippen LogP) is 3.52. The number of ether oxygens (including phenoxy) is 1. The van der Waals surface area contributed by atoms with Gasteiger partial charge >= 0.3 is 0 Å². The molecule has 2 aromatic heterocycles. The van der Waals surface area contributed by atoms with Gasteiger partial charge in [-0.15, -0.1) is 0 Å². The molecule has 0 saturated heterocycles. The van der Waals surface area contributed by atoms with E-state index in [0.717, 1.165) is 0 Å². The lowest BCUT2D eigenvalue weighted by atomic mass is 10.2. The molecule has 0 bridgehead atoms. The van der Waals surface area contributed by atoms with Gasteiger partial charge in [0, 0.05) is 33.3 Å². The molecule has 0 saturated carbocycles. The standard InChI is InChI=1S/C16H12FN7O3S/c1-27-13-6-9(4-5-18)15(17)21-16(13)23-28(25,26)14-8-20-12-7-10(22-24-19)2-3-11(12)14/h2-3,6-8,20H,4H2,1H3,(H,21,23). The van der Waals surface area contributed by atoms with E-state index in [2.05, 4.69) is 24.7 Å². The Morgan fingerprint density at radius 3 is 2.93 bits per heavy atom. The number of fused-ring (bicyclic) bond motifs is 1. The maximum absolute atomic E-state index is 14.0. The molecule has 1 aromatic carbocycles. The van der Waals surface area contributed by atoms with Crippen molar-refractivity contribution in [3.8, 4) is 11.8 Å². The fourth-order valence-corrected chi connectivity index (χ4v) is 3.75. The third-order valence-corrected chi connectivity index (χ3v) is 5.19. The number of anilines is 1. The van der Waals surface area contributed by atoms with E-state index in [1.54, 1.807) is 6.07 Å². The van der Waals surface area contributed by atoms with Crippen molar-refractivity contribution >= 4 is 32.4 Å². The van der Waals surface area contributed by atoms with Crippen LogP contribution in [0, 0.1) is 17.3 Å². The molecule has 10 nitrogen and oxygen atoms in total. The van der Waals surface area contributed by atoms with Gasteiger partial charge in [-0.2, -0.15) is 14.6 Å². The van der Waals surface area contributed by atoms with E-state index in [0.29, 0.717) is 16.6 Å². The van der Waals surface area contributed by atoms with E-state index >= 15 is 0 Å². The first-order valence-corrected chi connectivity index (χ1v) is 9.17. The molecule has 0 atom stereocenters. The number of nitrogens with zero attached hydrogens (tertiary/aromatic N) is 5. The molecular formula is C16H12FN7O3S. The first kappa shape index (κ1) is 19.0. The van der Waals surface area contributed by atoms with Crippen molar-refractivity contribution in [1.29, 1.82) is 5.26 Å². The van der Waals surface area contributed by atoms with Crippen LogP contribution >= 0.6 is 0 Å². The Balaban J connectivity index is 2.03. The Hall–Kier alpha value is -3.81. The number of methoxy groups -OCH3 is 1. The van der Waals surface area contributed by atoms with Gasteiger partial charge in [-0.3, -0.25) is 4.72 Å². The van der Waals surface area contributed by atoms with Gasteiger partial charge in [0.2, 0.25) is 5.95 Å². The molecule has 0 spiro atoms. The number of azide groups is 1. The van der Waals surface area contributed by atoms with Crippen molar-refractivity contribution in [3.63, 3.8) is 0 Å². The Morgan fingerprint density at radius 2 is 2.25 bits per heavy atom. The van der Waals surface area contributed by atoms with Gasteiger partial charge in [0.05, 0.1) is 19.6 Å². The van der Waals surface area contributed by atoms with Crippen molar-refractivity contribution in [2.24, 2.45) is 5.11 Å². The monoisotopic (exact) mass is 401 g/mol. The number of rotatable bonds is 6. The zero-order valence-corrected chi connectivity index (χ0v) is 15.2. The smallest absolute Gasteiger partial charge is 0.265 e. The molecule has 0 aliphatic heterocycles. The summed E-state index contributed by atoms with van der Waals surface area (Å²) in [4.78, 5) is 8.92. The summed E-state index contributed by atoms with van der Waals surface area (Å²) in [5.74, 6) is -1.35. The second-order valence-corrected chi connectivity index (χ2v) is 7.15. The summed E-state index contributed by atoms with van der Waals surface area (Å²) in [5, 5.41) is 12.5. The number of H-pyrrole nitrogens is 1. The van der Waals surface area contributed by atoms with Crippen molar-refractivity contribution in [1.82, 2.24) is 9.97 Å². The summed E-state index contributed by atoms with van der Waals surface area (Å²) >= 11 is 0. The lowest BCUT2D eigenvalue weighted by Crippen LogP contribution is -2.15. The Morgan fingerprint density at radius 1 is 1.46 bits per heavy atom. The summed E-state index contributed by atoms with van der Waals surface area (Å²) in [6, 6.07) is 7.43. The fraction of sp³-hybridized carbons (Fsp3) is 0.125. The van der Waals surface area contributed by atoms with Crippen LogP contribution in [0.15, 0.2) is 40.5 Å². The maximum atomic E-state index is 14.0. The third-order valence-electron chi connectivity index (χ3n) is 3.81. The third kappa shape index (κ3) is 3.52. The molecule has 28 heavy (non-hydrogen) atoms. The SMILES string of the molecule is COc1cc(CC#N)c(F)nc1NS(=O)(=O)c1c[nH]c2cc(N=[N+]=[N-])ccc12. The lowest BCUT2D eigenvalue weighted by molar-refractivity contribution is 0.412. The minimum Gasteiger partial charge on any atom is -0.493 e. The molecule has 0 radical (unpaired) electrons. The van der Waals surface area contributed by atoms with Gasteiger partial charge in [0.15, 0.2) is 11.6 Å². The van der Waals surface area contributed by atoms with Crippen molar-refractivity contribution in [2.45, 2.75) is 11.3 Å². The molecule has 3 rings (SSSR count). The van der Waals surface area contributed by atoms with Crippen LogP contribution in [0.25, 0.3) is 21.3 Å². The predicted molar refractivity (Wildman–Crippen MR) is 98.0 cm³/mol. The molecule has 0 amide bonds. The number of hydrogen-bond acceptors (Lipinski definition) is 6. The first-order valence-electron chi connectivity index (χ1n) is 7.69. The van der Waals surface area contributed by atoms with Crippen LogP contribution in [-0.2, 0) is 16.4 Å².